The number of likely N-dealkylation sites (tertiary alicyclic amines) is 1. The lowest BCUT2D eigenvalue weighted by atomic mass is 9.72. The van der Waals surface area contributed by atoms with Gasteiger partial charge in [-0.15, -0.1) is 0 Å². The predicted molar refractivity (Wildman–Crippen MR) is 127 cm³/mol. The number of nitrogens with zero attached hydrogens (tertiary/aromatic N) is 3. The monoisotopic (exact) mass is 502 g/mol. The number of carbonyl (C=O) groups is 2. The maximum Gasteiger partial charge on any atom is 0.256 e. The molecule has 4 N–H and O–H groups in total. The minimum absolute atomic E-state index is 0.0206. The first-order valence-electron chi connectivity index (χ1n) is 11.1. The van der Waals surface area contributed by atoms with Crippen LogP contribution in [0.3, 0.4) is 0 Å². The summed E-state index contributed by atoms with van der Waals surface area (Å²) in [5.41, 5.74) is 6.27. The highest BCUT2D eigenvalue weighted by Crippen LogP contribution is 2.39. The molecule has 35 heavy (non-hydrogen) atoms. The summed E-state index contributed by atoms with van der Waals surface area (Å²) < 4.78 is 28.7. The third-order valence-electron chi connectivity index (χ3n) is 6.25. The number of piperidine rings is 1. The maximum atomic E-state index is 14.4. The van der Waals surface area contributed by atoms with Crippen LogP contribution in [0.2, 0.25) is 5.02 Å². The Morgan fingerprint density at radius 2 is 1.97 bits per heavy atom. The van der Waals surface area contributed by atoms with Crippen molar-refractivity contribution in [2.75, 3.05) is 18.4 Å². The average molecular weight is 503 g/mol. The van der Waals surface area contributed by atoms with E-state index in [1.807, 2.05) is 6.92 Å². The van der Waals surface area contributed by atoms with Crippen molar-refractivity contribution in [3.05, 3.63) is 70.0 Å². The fraction of sp³-hybridized carbons (Fsp3) is 0.333. The zero-order valence-electron chi connectivity index (χ0n) is 19.1. The molecule has 0 aliphatic carbocycles. The molecule has 4 rings (SSSR count). The smallest absolute Gasteiger partial charge is 0.256 e. The first-order chi connectivity index (χ1) is 16.7. The fourth-order valence-corrected chi connectivity index (χ4v) is 4.64. The minimum atomic E-state index is -0.754. The number of benzene rings is 1. The highest BCUT2D eigenvalue weighted by molar-refractivity contribution is 6.31. The minimum Gasteiger partial charge on any atom is -0.370 e. The SMILES string of the molecule is Cc1cc(Nc2nc(CC3(CC(N)=O)CCN(C(=O)c4cccc(Cl)c4F)CC3)ccc2F)n[nH]1. The maximum absolute atomic E-state index is 14.4. The molecule has 3 heterocycles. The summed E-state index contributed by atoms with van der Waals surface area (Å²) in [6.07, 6.45) is 1.34. The number of aryl methyl sites for hydroxylation is 1. The number of anilines is 2. The van der Waals surface area contributed by atoms with E-state index in [1.165, 1.54) is 24.3 Å². The van der Waals surface area contributed by atoms with Gasteiger partial charge in [-0.05, 0) is 55.9 Å². The Kier molecular flexibility index (Phi) is 7.02. The first kappa shape index (κ1) is 24.6. The van der Waals surface area contributed by atoms with E-state index in [2.05, 4.69) is 20.5 Å². The van der Waals surface area contributed by atoms with E-state index < -0.39 is 28.9 Å². The largest absolute Gasteiger partial charge is 0.370 e. The van der Waals surface area contributed by atoms with Crippen LogP contribution in [0.1, 0.15) is 41.0 Å². The number of aromatic nitrogens is 3. The van der Waals surface area contributed by atoms with Gasteiger partial charge < -0.3 is 16.0 Å². The summed E-state index contributed by atoms with van der Waals surface area (Å²) in [7, 11) is 0. The van der Waals surface area contributed by atoms with Crippen LogP contribution in [-0.2, 0) is 11.2 Å². The quantitative estimate of drug-likeness (QED) is 0.449. The third kappa shape index (κ3) is 5.59. The van der Waals surface area contributed by atoms with Crippen molar-refractivity contribution in [3.8, 4) is 0 Å². The van der Waals surface area contributed by atoms with Crippen molar-refractivity contribution < 1.29 is 18.4 Å². The van der Waals surface area contributed by atoms with Gasteiger partial charge in [0.2, 0.25) is 5.91 Å². The number of H-pyrrole nitrogens is 1. The van der Waals surface area contributed by atoms with Gasteiger partial charge in [-0.3, -0.25) is 14.7 Å². The number of amides is 2. The molecule has 1 aromatic carbocycles. The molecule has 8 nitrogen and oxygen atoms in total. The molecule has 0 radical (unpaired) electrons. The molecule has 2 amide bonds. The molecule has 1 saturated heterocycles. The van der Waals surface area contributed by atoms with Crippen LogP contribution in [0.25, 0.3) is 0 Å². The number of pyridine rings is 1. The zero-order chi connectivity index (χ0) is 25.2. The molecule has 0 atom stereocenters. The van der Waals surface area contributed by atoms with Gasteiger partial charge in [0, 0.05) is 37.0 Å². The predicted octanol–water partition coefficient (Wildman–Crippen LogP) is 4.13. The Morgan fingerprint density at radius 1 is 1.23 bits per heavy atom. The van der Waals surface area contributed by atoms with Crippen LogP contribution in [0.5, 0.6) is 0 Å². The van der Waals surface area contributed by atoms with Crippen molar-refractivity contribution >= 4 is 35.1 Å². The topological polar surface area (TPSA) is 117 Å². The Morgan fingerprint density at radius 3 is 2.63 bits per heavy atom. The zero-order valence-corrected chi connectivity index (χ0v) is 19.8. The van der Waals surface area contributed by atoms with Gasteiger partial charge >= 0.3 is 0 Å². The highest BCUT2D eigenvalue weighted by atomic mass is 35.5. The van der Waals surface area contributed by atoms with Crippen molar-refractivity contribution in [3.63, 3.8) is 0 Å². The van der Waals surface area contributed by atoms with E-state index in [0.717, 1.165) is 5.69 Å². The van der Waals surface area contributed by atoms with E-state index in [-0.39, 0.29) is 22.8 Å². The Hall–Kier alpha value is -3.53. The van der Waals surface area contributed by atoms with Crippen LogP contribution < -0.4 is 11.1 Å². The van der Waals surface area contributed by atoms with Crippen molar-refractivity contribution in [2.45, 2.75) is 32.6 Å². The van der Waals surface area contributed by atoms with Crippen LogP contribution in [-0.4, -0.2) is 45.0 Å². The van der Waals surface area contributed by atoms with E-state index >= 15 is 0 Å². The van der Waals surface area contributed by atoms with E-state index in [4.69, 9.17) is 17.3 Å². The Balaban J connectivity index is 1.51. The number of primary amides is 1. The molecule has 1 aliphatic rings. The second-order valence-electron chi connectivity index (χ2n) is 8.91. The number of nitrogens with two attached hydrogens (primary N) is 1. The van der Waals surface area contributed by atoms with Gasteiger partial charge in [0.1, 0.15) is 0 Å². The molecule has 2 aromatic heterocycles. The molecule has 0 bridgehead atoms. The normalized spacial score (nSPS) is 15.1. The van der Waals surface area contributed by atoms with Gasteiger partial charge in [0.25, 0.3) is 5.91 Å². The van der Waals surface area contributed by atoms with Gasteiger partial charge in [-0.1, -0.05) is 17.7 Å². The first-order valence-corrected chi connectivity index (χ1v) is 11.5. The lowest BCUT2D eigenvalue weighted by Gasteiger charge is -2.41. The second-order valence-corrected chi connectivity index (χ2v) is 9.31. The number of aromatic amines is 1. The average Bonchev–Trinajstić information content (AvgIpc) is 3.22. The highest BCUT2D eigenvalue weighted by Gasteiger charge is 2.38. The van der Waals surface area contributed by atoms with E-state index in [0.29, 0.717) is 43.9 Å². The molecule has 1 aliphatic heterocycles. The summed E-state index contributed by atoms with van der Waals surface area (Å²) in [5.74, 6) is -1.78. The Bertz CT molecular complexity index is 1260. The summed E-state index contributed by atoms with van der Waals surface area (Å²) in [6, 6.07) is 8.90. The van der Waals surface area contributed by atoms with Crippen molar-refractivity contribution in [2.24, 2.45) is 11.1 Å². The van der Waals surface area contributed by atoms with Gasteiger partial charge in [0.05, 0.1) is 10.6 Å². The fourth-order valence-electron chi connectivity index (χ4n) is 4.47. The van der Waals surface area contributed by atoms with Crippen LogP contribution in [0.15, 0.2) is 36.4 Å². The second kappa shape index (κ2) is 9.99. The number of nitrogens with one attached hydrogen (secondary N) is 2. The molecule has 0 unspecified atom stereocenters. The van der Waals surface area contributed by atoms with Gasteiger partial charge in [-0.25, -0.2) is 13.8 Å². The van der Waals surface area contributed by atoms with Crippen LogP contribution in [0.4, 0.5) is 20.4 Å². The molecule has 0 saturated carbocycles. The standard InChI is InChI=1S/C24H25ClF2N6O2/c1-14-11-20(32-31-14)30-22-18(26)6-5-15(29-22)12-24(13-19(28)34)7-9-33(10-8-24)23(35)16-3-2-4-17(25)21(16)27/h2-6,11H,7-10,12-13H2,1H3,(H2,28,34)(H2,29,30,31,32). The molecular formula is C24H25ClF2N6O2. The number of carbonyl (C=O) groups excluding carboxylic acids is 2. The number of halogens is 3. The lowest BCUT2D eigenvalue weighted by molar-refractivity contribution is -0.121. The summed E-state index contributed by atoms with van der Waals surface area (Å²) in [4.78, 5) is 30.8. The summed E-state index contributed by atoms with van der Waals surface area (Å²) >= 11 is 5.82. The molecule has 11 heteroatoms. The molecular weight excluding hydrogens is 478 g/mol. The van der Waals surface area contributed by atoms with Crippen LogP contribution >= 0.6 is 11.6 Å². The molecule has 0 spiro atoms. The molecule has 1 fully saturated rings. The molecule has 184 valence electrons. The number of hydrogen-bond donors (Lipinski definition) is 3. The van der Waals surface area contributed by atoms with E-state index in [9.17, 15) is 18.4 Å². The van der Waals surface area contributed by atoms with Crippen LogP contribution in [0, 0.1) is 24.0 Å². The lowest BCUT2D eigenvalue weighted by Crippen LogP contribution is -2.45. The van der Waals surface area contributed by atoms with Crippen molar-refractivity contribution in [1.29, 1.82) is 0 Å². The van der Waals surface area contributed by atoms with Gasteiger partial charge in [-0.2, -0.15) is 5.10 Å². The number of rotatable bonds is 7. The molecule has 3 aromatic rings. The van der Waals surface area contributed by atoms with Gasteiger partial charge in [0.15, 0.2) is 23.3 Å². The summed E-state index contributed by atoms with van der Waals surface area (Å²) in [6.45, 7) is 2.43. The Labute approximate surface area is 205 Å². The summed E-state index contributed by atoms with van der Waals surface area (Å²) in [5, 5.41) is 9.54. The van der Waals surface area contributed by atoms with Crippen molar-refractivity contribution in [1.82, 2.24) is 20.1 Å². The third-order valence-corrected chi connectivity index (χ3v) is 6.55. The van der Waals surface area contributed by atoms with E-state index in [1.54, 1.807) is 17.0 Å². The number of hydrogen-bond acceptors (Lipinski definition) is 5.